The summed E-state index contributed by atoms with van der Waals surface area (Å²) in [6.45, 7) is 6.77. The van der Waals surface area contributed by atoms with Crippen molar-refractivity contribution in [1.82, 2.24) is 19.4 Å². The van der Waals surface area contributed by atoms with Gasteiger partial charge in [0.1, 0.15) is 0 Å². The van der Waals surface area contributed by atoms with E-state index in [9.17, 15) is 9.59 Å². The van der Waals surface area contributed by atoms with Crippen molar-refractivity contribution in [3.63, 3.8) is 0 Å². The van der Waals surface area contributed by atoms with Crippen molar-refractivity contribution in [2.24, 2.45) is 5.41 Å². The van der Waals surface area contributed by atoms with Gasteiger partial charge in [-0.2, -0.15) is 0 Å². The SMILES string of the molecule is COCCN1CC[C@]2(CN(C(=O)c3ccco3)C[C@H]2c2cn(C(C)C)cn2)C1=O. The Morgan fingerprint density at radius 1 is 1.45 bits per heavy atom. The molecular weight excluding hydrogens is 372 g/mol. The topological polar surface area (TPSA) is 80.8 Å². The van der Waals surface area contributed by atoms with E-state index in [-0.39, 0.29) is 23.8 Å². The second kappa shape index (κ2) is 7.67. The Labute approximate surface area is 170 Å². The lowest BCUT2D eigenvalue weighted by molar-refractivity contribution is -0.136. The first-order chi connectivity index (χ1) is 14.0. The first-order valence-corrected chi connectivity index (χ1v) is 10.1. The predicted molar refractivity (Wildman–Crippen MR) is 105 cm³/mol. The molecule has 2 aliphatic rings. The standard InChI is InChI=1S/C21H28N4O4/c1-15(2)25-12-17(22-14-25)16-11-24(19(26)18-5-4-9-29-18)13-21(16)6-7-23(20(21)27)8-10-28-3/h4-5,9,12,14-16H,6-8,10-11,13H2,1-3H3/t16-,21+/m0/s1. The number of rotatable bonds is 6. The summed E-state index contributed by atoms with van der Waals surface area (Å²) in [5.41, 5.74) is 0.224. The number of methoxy groups -OCH3 is 1. The number of furan rings is 1. The number of ether oxygens (including phenoxy) is 1. The molecule has 1 spiro atoms. The molecule has 2 fully saturated rings. The van der Waals surface area contributed by atoms with Crippen molar-refractivity contribution in [3.8, 4) is 0 Å². The van der Waals surface area contributed by atoms with Crippen LogP contribution in [0.1, 0.15) is 48.5 Å². The van der Waals surface area contributed by atoms with E-state index in [2.05, 4.69) is 18.8 Å². The molecule has 0 radical (unpaired) electrons. The summed E-state index contributed by atoms with van der Waals surface area (Å²) in [7, 11) is 1.64. The number of hydrogen-bond donors (Lipinski definition) is 0. The minimum absolute atomic E-state index is 0.0911. The molecule has 2 amide bonds. The van der Waals surface area contributed by atoms with Crippen LogP contribution in [0, 0.1) is 5.41 Å². The maximum atomic E-state index is 13.5. The molecule has 0 aromatic carbocycles. The second-order valence-electron chi connectivity index (χ2n) is 8.25. The molecular formula is C21H28N4O4. The average Bonchev–Trinajstić information content (AvgIpc) is 3.49. The van der Waals surface area contributed by atoms with Crippen LogP contribution in [0.25, 0.3) is 0 Å². The fourth-order valence-corrected chi connectivity index (χ4v) is 4.56. The van der Waals surface area contributed by atoms with Crippen molar-refractivity contribution in [2.45, 2.75) is 32.2 Å². The molecule has 2 aromatic rings. The number of likely N-dealkylation sites (tertiary alicyclic amines) is 2. The summed E-state index contributed by atoms with van der Waals surface area (Å²) in [5, 5.41) is 0. The number of aromatic nitrogens is 2. The minimum Gasteiger partial charge on any atom is -0.459 e. The van der Waals surface area contributed by atoms with Crippen molar-refractivity contribution in [3.05, 3.63) is 42.4 Å². The van der Waals surface area contributed by atoms with Crippen LogP contribution < -0.4 is 0 Å². The van der Waals surface area contributed by atoms with Crippen molar-refractivity contribution in [1.29, 1.82) is 0 Å². The van der Waals surface area contributed by atoms with Crippen LogP contribution in [0.4, 0.5) is 0 Å². The maximum absolute atomic E-state index is 13.5. The van der Waals surface area contributed by atoms with Gasteiger partial charge in [-0.05, 0) is 32.4 Å². The Morgan fingerprint density at radius 3 is 2.93 bits per heavy atom. The van der Waals surface area contributed by atoms with Gasteiger partial charge in [-0.3, -0.25) is 9.59 Å². The molecule has 0 saturated carbocycles. The summed E-state index contributed by atoms with van der Waals surface area (Å²) in [5.74, 6) is 0.0772. The molecule has 4 rings (SSSR count). The van der Waals surface area contributed by atoms with Gasteiger partial charge in [-0.25, -0.2) is 4.98 Å². The molecule has 0 bridgehead atoms. The number of carbonyl (C=O) groups excluding carboxylic acids is 2. The van der Waals surface area contributed by atoms with E-state index >= 15 is 0 Å². The number of amides is 2. The lowest BCUT2D eigenvalue weighted by atomic mass is 9.75. The molecule has 0 aliphatic carbocycles. The fraction of sp³-hybridized carbons (Fsp3) is 0.571. The third-order valence-electron chi connectivity index (χ3n) is 6.24. The second-order valence-corrected chi connectivity index (χ2v) is 8.25. The van der Waals surface area contributed by atoms with Crippen molar-refractivity contribution >= 4 is 11.8 Å². The van der Waals surface area contributed by atoms with E-state index < -0.39 is 5.41 Å². The van der Waals surface area contributed by atoms with Crippen LogP contribution >= 0.6 is 0 Å². The zero-order chi connectivity index (χ0) is 20.6. The van der Waals surface area contributed by atoms with Crippen molar-refractivity contribution in [2.75, 3.05) is 39.9 Å². The van der Waals surface area contributed by atoms with Crippen LogP contribution in [0.3, 0.4) is 0 Å². The first kappa shape index (κ1) is 19.7. The van der Waals surface area contributed by atoms with Gasteiger partial charge in [0.25, 0.3) is 5.91 Å². The van der Waals surface area contributed by atoms with Gasteiger partial charge in [0.15, 0.2) is 5.76 Å². The predicted octanol–water partition coefficient (Wildman–Crippen LogP) is 2.16. The maximum Gasteiger partial charge on any atom is 0.289 e. The van der Waals surface area contributed by atoms with Gasteiger partial charge in [0, 0.05) is 51.4 Å². The molecule has 8 heteroatoms. The highest BCUT2D eigenvalue weighted by Crippen LogP contribution is 2.49. The summed E-state index contributed by atoms with van der Waals surface area (Å²) in [4.78, 5) is 34.7. The van der Waals surface area contributed by atoms with Crippen LogP contribution in [-0.4, -0.2) is 71.1 Å². The molecule has 0 N–H and O–H groups in total. The van der Waals surface area contributed by atoms with Gasteiger partial charge < -0.3 is 23.5 Å². The van der Waals surface area contributed by atoms with E-state index in [4.69, 9.17) is 9.15 Å². The van der Waals surface area contributed by atoms with Gasteiger partial charge in [0.2, 0.25) is 5.91 Å². The highest BCUT2D eigenvalue weighted by molar-refractivity contribution is 5.94. The molecule has 2 aromatic heterocycles. The van der Waals surface area contributed by atoms with Gasteiger partial charge in [-0.1, -0.05) is 0 Å². The molecule has 4 heterocycles. The Hall–Kier alpha value is -2.61. The quantitative estimate of drug-likeness (QED) is 0.742. The van der Waals surface area contributed by atoms with Gasteiger partial charge in [-0.15, -0.1) is 0 Å². The molecule has 29 heavy (non-hydrogen) atoms. The summed E-state index contributed by atoms with van der Waals surface area (Å²) in [6.07, 6.45) is 6.03. The number of carbonyl (C=O) groups is 2. The Morgan fingerprint density at radius 2 is 2.28 bits per heavy atom. The highest BCUT2D eigenvalue weighted by atomic mass is 16.5. The third-order valence-corrected chi connectivity index (χ3v) is 6.24. The molecule has 0 unspecified atom stereocenters. The molecule has 8 nitrogen and oxygen atoms in total. The van der Waals surface area contributed by atoms with E-state index in [1.807, 2.05) is 22.0 Å². The number of hydrogen-bond acceptors (Lipinski definition) is 5. The average molecular weight is 400 g/mol. The largest absolute Gasteiger partial charge is 0.459 e. The van der Waals surface area contributed by atoms with E-state index in [0.717, 1.165) is 5.69 Å². The van der Waals surface area contributed by atoms with E-state index in [1.165, 1.54) is 6.26 Å². The monoisotopic (exact) mass is 400 g/mol. The van der Waals surface area contributed by atoms with Crippen LogP contribution in [0.5, 0.6) is 0 Å². The Kier molecular flexibility index (Phi) is 5.21. The Balaban J connectivity index is 1.66. The lowest BCUT2D eigenvalue weighted by Gasteiger charge is -2.27. The zero-order valence-electron chi connectivity index (χ0n) is 17.2. The van der Waals surface area contributed by atoms with Gasteiger partial charge in [0.05, 0.1) is 30.3 Å². The molecule has 2 aliphatic heterocycles. The first-order valence-electron chi connectivity index (χ1n) is 10.1. The number of imidazole rings is 1. The molecule has 2 saturated heterocycles. The lowest BCUT2D eigenvalue weighted by Crippen LogP contribution is -2.41. The Bertz CT molecular complexity index is 875. The zero-order valence-corrected chi connectivity index (χ0v) is 17.2. The number of nitrogens with zero attached hydrogens (tertiary/aromatic N) is 4. The van der Waals surface area contributed by atoms with Crippen molar-refractivity contribution < 1.29 is 18.7 Å². The van der Waals surface area contributed by atoms with Gasteiger partial charge >= 0.3 is 0 Å². The molecule has 2 atom stereocenters. The highest BCUT2D eigenvalue weighted by Gasteiger charge is 2.58. The fourth-order valence-electron chi connectivity index (χ4n) is 4.56. The van der Waals surface area contributed by atoms with Crippen LogP contribution in [0.2, 0.25) is 0 Å². The normalized spacial score (nSPS) is 24.4. The summed E-state index contributed by atoms with van der Waals surface area (Å²) >= 11 is 0. The summed E-state index contributed by atoms with van der Waals surface area (Å²) < 4.78 is 12.5. The minimum atomic E-state index is -0.647. The van der Waals surface area contributed by atoms with Crippen LogP contribution in [-0.2, 0) is 9.53 Å². The van der Waals surface area contributed by atoms with E-state index in [1.54, 1.807) is 24.1 Å². The van der Waals surface area contributed by atoms with Crippen LogP contribution in [0.15, 0.2) is 35.3 Å². The third kappa shape index (κ3) is 3.35. The molecule has 156 valence electrons. The van der Waals surface area contributed by atoms with E-state index in [0.29, 0.717) is 45.0 Å². The summed E-state index contributed by atoms with van der Waals surface area (Å²) in [6, 6.07) is 3.65. The smallest absolute Gasteiger partial charge is 0.289 e.